The fourth-order valence-corrected chi connectivity index (χ4v) is 1.28. The van der Waals surface area contributed by atoms with Crippen LogP contribution < -0.4 is 5.69 Å². The molecule has 0 aliphatic heterocycles. The fraction of sp³-hybridized carbons (Fsp3) is 0.111. The van der Waals surface area contributed by atoms with E-state index in [2.05, 4.69) is 4.98 Å². The zero-order chi connectivity index (χ0) is 11.8. The third kappa shape index (κ3) is 1.83. The first-order valence-electron chi connectivity index (χ1n) is 4.30. The molecule has 0 saturated carbocycles. The summed E-state index contributed by atoms with van der Waals surface area (Å²) in [6.45, 7) is 0. The molecule has 0 amide bonds. The van der Waals surface area contributed by atoms with E-state index >= 15 is 0 Å². The van der Waals surface area contributed by atoms with E-state index in [1.165, 1.54) is 12.1 Å². The number of rotatable bonds is 1. The van der Waals surface area contributed by atoms with Gasteiger partial charge in [0.15, 0.2) is 5.82 Å². The molecule has 2 rings (SSSR count). The number of hydrogen-bond acceptors (Lipinski definition) is 2. The zero-order valence-corrected chi connectivity index (χ0v) is 7.82. The van der Waals surface area contributed by atoms with Crippen LogP contribution >= 0.6 is 0 Å². The Balaban J connectivity index is 2.62. The van der Waals surface area contributed by atoms with Crippen LogP contribution in [-0.4, -0.2) is 14.8 Å². The standard InChI is InChI=1S/C9H6F3N3O/c10-9(11,12)15-7(13-8(16)14-15)6-4-2-1-3-5-6/h1-5H,(H,14,16). The minimum atomic E-state index is -4.69. The highest BCUT2D eigenvalue weighted by molar-refractivity contribution is 5.54. The molecule has 16 heavy (non-hydrogen) atoms. The van der Waals surface area contributed by atoms with Crippen LogP contribution in [0.4, 0.5) is 13.2 Å². The molecule has 0 bridgehead atoms. The molecule has 4 nitrogen and oxygen atoms in total. The van der Waals surface area contributed by atoms with E-state index in [4.69, 9.17) is 0 Å². The first kappa shape index (κ1) is 10.5. The van der Waals surface area contributed by atoms with E-state index in [0.717, 1.165) is 0 Å². The van der Waals surface area contributed by atoms with Crippen molar-refractivity contribution in [2.75, 3.05) is 0 Å². The minimum Gasteiger partial charge on any atom is -0.244 e. The maximum absolute atomic E-state index is 12.5. The van der Waals surface area contributed by atoms with Gasteiger partial charge in [-0.25, -0.2) is 9.89 Å². The SMILES string of the molecule is O=c1nc(-c2ccccc2)n(C(F)(F)F)[nH]1. The first-order valence-corrected chi connectivity index (χ1v) is 4.30. The Kier molecular flexibility index (Phi) is 2.30. The Labute approximate surface area is 87.3 Å². The lowest BCUT2D eigenvalue weighted by atomic mass is 10.2. The average molecular weight is 229 g/mol. The van der Waals surface area contributed by atoms with Crippen molar-refractivity contribution in [1.29, 1.82) is 0 Å². The van der Waals surface area contributed by atoms with Crippen LogP contribution in [0.15, 0.2) is 35.1 Å². The van der Waals surface area contributed by atoms with Crippen LogP contribution in [0.5, 0.6) is 0 Å². The Morgan fingerprint density at radius 1 is 1.19 bits per heavy atom. The third-order valence-corrected chi connectivity index (χ3v) is 1.91. The Hall–Kier alpha value is -2.05. The molecule has 0 aliphatic carbocycles. The summed E-state index contributed by atoms with van der Waals surface area (Å²) in [5.41, 5.74) is -0.811. The minimum absolute atomic E-state index is 0.204. The van der Waals surface area contributed by atoms with Gasteiger partial charge in [0.25, 0.3) is 0 Å². The molecule has 1 aromatic carbocycles. The molecular weight excluding hydrogens is 223 g/mol. The fourth-order valence-electron chi connectivity index (χ4n) is 1.28. The predicted molar refractivity (Wildman–Crippen MR) is 49.6 cm³/mol. The lowest BCUT2D eigenvalue weighted by Crippen LogP contribution is -2.21. The predicted octanol–water partition coefficient (Wildman–Crippen LogP) is 1.71. The van der Waals surface area contributed by atoms with Gasteiger partial charge in [-0.15, -0.1) is 13.2 Å². The molecule has 0 aliphatic rings. The normalized spacial score (nSPS) is 11.7. The van der Waals surface area contributed by atoms with Crippen molar-refractivity contribution in [2.45, 2.75) is 6.30 Å². The molecule has 1 heterocycles. The monoisotopic (exact) mass is 229 g/mol. The molecule has 1 N–H and O–H groups in total. The number of H-pyrrole nitrogens is 1. The summed E-state index contributed by atoms with van der Waals surface area (Å²) < 4.78 is 37.3. The number of nitrogens with zero attached hydrogens (tertiary/aromatic N) is 2. The van der Waals surface area contributed by atoms with Crippen LogP contribution in [0.1, 0.15) is 0 Å². The summed E-state index contributed by atoms with van der Waals surface area (Å²) in [6.07, 6.45) is -4.69. The van der Waals surface area contributed by atoms with Gasteiger partial charge < -0.3 is 0 Å². The van der Waals surface area contributed by atoms with Gasteiger partial charge in [0.2, 0.25) is 0 Å². The van der Waals surface area contributed by atoms with Crippen molar-refractivity contribution in [1.82, 2.24) is 14.8 Å². The highest BCUT2D eigenvalue weighted by atomic mass is 19.4. The number of aromatic nitrogens is 3. The van der Waals surface area contributed by atoms with Crippen LogP contribution in [0.25, 0.3) is 11.4 Å². The van der Waals surface area contributed by atoms with Crippen molar-refractivity contribution in [2.24, 2.45) is 0 Å². The quantitative estimate of drug-likeness (QED) is 0.809. The number of alkyl halides is 3. The van der Waals surface area contributed by atoms with Crippen LogP contribution in [-0.2, 0) is 6.30 Å². The molecule has 0 fully saturated rings. The highest BCUT2D eigenvalue weighted by Gasteiger charge is 2.34. The van der Waals surface area contributed by atoms with Crippen molar-refractivity contribution in [3.05, 3.63) is 40.8 Å². The lowest BCUT2D eigenvalue weighted by molar-refractivity contribution is -0.211. The molecule has 84 valence electrons. The Morgan fingerprint density at radius 2 is 1.81 bits per heavy atom. The number of halogens is 3. The summed E-state index contributed by atoms with van der Waals surface area (Å²) in [5.74, 6) is -0.446. The maximum Gasteiger partial charge on any atom is 0.504 e. The van der Waals surface area contributed by atoms with E-state index in [-0.39, 0.29) is 10.2 Å². The van der Waals surface area contributed by atoms with Gasteiger partial charge in [-0.1, -0.05) is 30.3 Å². The smallest absolute Gasteiger partial charge is 0.244 e. The second-order valence-electron chi connectivity index (χ2n) is 3.02. The van der Waals surface area contributed by atoms with Crippen molar-refractivity contribution >= 4 is 0 Å². The van der Waals surface area contributed by atoms with Crippen molar-refractivity contribution in [3.8, 4) is 11.4 Å². The molecule has 0 radical (unpaired) electrons. The molecule has 7 heteroatoms. The first-order chi connectivity index (χ1) is 7.48. The van der Waals surface area contributed by atoms with Crippen LogP contribution in [0.2, 0.25) is 0 Å². The third-order valence-electron chi connectivity index (χ3n) is 1.91. The molecule has 0 saturated heterocycles. The molecule has 1 aromatic heterocycles. The lowest BCUT2D eigenvalue weighted by Gasteiger charge is -2.09. The highest BCUT2D eigenvalue weighted by Crippen LogP contribution is 2.26. The number of hydrogen-bond donors (Lipinski definition) is 1. The topological polar surface area (TPSA) is 50.7 Å². The van der Waals surface area contributed by atoms with E-state index in [0.29, 0.717) is 0 Å². The summed E-state index contributed by atoms with van der Waals surface area (Å²) in [6, 6.07) is 7.67. The summed E-state index contributed by atoms with van der Waals surface area (Å²) in [5, 5.41) is 1.61. The van der Waals surface area contributed by atoms with Crippen molar-refractivity contribution in [3.63, 3.8) is 0 Å². The van der Waals surface area contributed by atoms with Gasteiger partial charge in [0.1, 0.15) is 0 Å². The van der Waals surface area contributed by atoms with Gasteiger partial charge in [-0.3, -0.25) is 0 Å². The van der Waals surface area contributed by atoms with Gasteiger partial charge in [-0.05, 0) is 0 Å². The second-order valence-corrected chi connectivity index (χ2v) is 3.02. The Morgan fingerprint density at radius 3 is 2.38 bits per heavy atom. The Bertz CT molecular complexity index is 541. The molecule has 0 spiro atoms. The largest absolute Gasteiger partial charge is 0.504 e. The summed E-state index contributed by atoms with van der Waals surface area (Å²) in [7, 11) is 0. The molecule has 0 unspecified atom stereocenters. The number of nitrogens with one attached hydrogen (secondary N) is 1. The van der Waals surface area contributed by atoms with Gasteiger partial charge in [-0.2, -0.15) is 9.67 Å². The second kappa shape index (κ2) is 3.51. The van der Waals surface area contributed by atoms with E-state index in [1.807, 2.05) is 0 Å². The number of aromatic amines is 1. The summed E-state index contributed by atoms with van der Waals surface area (Å²) >= 11 is 0. The van der Waals surface area contributed by atoms with Crippen LogP contribution in [0.3, 0.4) is 0 Å². The zero-order valence-electron chi connectivity index (χ0n) is 7.82. The van der Waals surface area contributed by atoms with E-state index in [9.17, 15) is 18.0 Å². The van der Waals surface area contributed by atoms with E-state index in [1.54, 1.807) is 23.3 Å². The van der Waals surface area contributed by atoms with Gasteiger partial charge >= 0.3 is 12.0 Å². The molecular formula is C9H6F3N3O. The van der Waals surface area contributed by atoms with Crippen molar-refractivity contribution < 1.29 is 13.2 Å². The number of benzene rings is 1. The summed E-state index contributed by atoms with van der Waals surface area (Å²) in [4.78, 5) is 14.1. The van der Waals surface area contributed by atoms with Gasteiger partial charge in [0.05, 0.1) is 0 Å². The molecule has 0 atom stereocenters. The van der Waals surface area contributed by atoms with E-state index < -0.39 is 17.8 Å². The van der Waals surface area contributed by atoms with Gasteiger partial charge in [0, 0.05) is 5.56 Å². The van der Waals surface area contributed by atoms with Crippen LogP contribution in [0, 0.1) is 0 Å². The molecule has 2 aromatic rings. The average Bonchev–Trinajstić information content (AvgIpc) is 2.61. The maximum atomic E-state index is 12.5.